The van der Waals surface area contributed by atoms with Crippen molar-refractivity contribution in [3.8, 4) is 0 Å². The molecule has 0 atom stereocenters. The first-order valence-electron chi connectivity index (χ1n) is 7.26. The van der Waals surface area contributed by atoms with Crippen molar-refractivity contribution in [3.63, 3.8) is 0 Å². The molecule has 0 bridgehead atoms. The van der Waals surface area contributed by atoms with Gasteiger partial charge < -0.3 is 5.32 Å². The molecule has 0 heterocycles. The first-order chi connectivity index (χ1) is 8.72. The molecule has 0 aromatic rings. The smallest absolute Gasteiger partial charge is 0.315 e. The highest BCUT2D eigenvalue weighted by atomic mass is 19.4. The molecule has 0 saturated heterocycles. The second kappa shape index (κ2) is 9.59. The van der Waals surface area contributed by atoms with E-state index < -0.39 is 12.7 Å². The summed E-state index contributed by atoms with van der Waals surface area (Å²) in [6, 6.07) is 0.451. The highest BCUT2D eigenvalue weighted by Crippen LogP contribution is 2.18. The maximum absolute atomic E-state index is 12.4. The summed E-state index contributed by atoms with van der Waals surface area (Å²) in [7, 11) is 0. The Kier molecular flexibility index (Phi) is 9.44. The molecule has 116 valence electrons. The molecule has 5 heteroatoms. The average Bonchev–Trinajstić information content (AvgIpc) is 2.23. The summed E-state index contributed by atoms with van der Waals surface area (Å²) in [4.78, 5) is 1.51. The van der Waals surface area contributed by atoms with Gasteiger partial charge in [-0.2, -0.15) is 13.2 Å². The fourth-order valence-electron chi connectivity index (χ4n) is 1.93. The molecule has 0 fully saturated rings. The summed E-state index contributed by atoms with van der Waals surface area (Å²) < 4.78 is 37.1. The van der Waals surface area contributed by atoms with Crippen LogP contribution in [0.1, 0.15) is 53.4 Å². The van der Waals surface area contributed by atoms with Crippen LogP contribution in [0, 0.1) is 0 Å². The maximum Gasteiger partial charge on any atom is 0.401 e. The Labute approximate surface area is 115 Å². The Morgan fingerprint density at radius 2 is 1.53 bits per heavy atom. The minimum absolute atomic E-state index is 0.0516. The Morgan fingerprint density at radius 3 is 2.00 bits per heavy atom. The van der Waals surface area contributed by atoms with E-state index in [-0.39, 0.29) is 6.04 Å². The van der Waals surface area contributed by atoms with Crippen LogP contribution < -0.4 is 5.32 Å². The van der Waals surface area contributed by atoms with Gasteiger partial charge in [0.05, 0.1) is 6.54 Å². The Morgan fingerprint density at radius 1 is 0.947 bits per heavy atom. The minimum atomic E-state index is -4.09. The van der Waals surface area contributed by atoms with E-state index in [0.29, 0.717) is 12.6 Å². The molecular weight excluding hydrogens is 253 g/mol. The topological polar surface area (TPSA) is 15.3 Å². The van der Waals surface area contributed by atoms with Crippen molar-refractivity contribution in [1.82, 2.24) is 10.2 Å². The quantitative estimate of drug-likeness (QED) is 0.613. The van der Waals surface area contributed by atoms with Gasteiger partial charge in [-0.1, -0.05) is 26.7 Å². The molecule has 1 N–H and O–H groups in total. The Balaban J connectivity index is 3.65. The van der Waals surface area contributed by atoms with Crippen LogP contribution in [-0.4, -0.2) is 42.8 Å². The van der Waals surface area contributed by atoms with Gasteiger partial charge in [-0.3, -0.25) is 4.90 Å². The lowest BCUT2D eigenvalue weighted by Gasteiger charge is -2.27. The normalized spacial score (nSPS) is 12.9. The van der Waals surface area contributed by atoms with E-state index in [0.717, 1.165) is 32.2 Å². The fourth-order valence-corrected chi connectivity index (χ4v) is 1.93. The number of nitrogens with zero attached hydrogens (tertiary/aromatic N) is 1. The minimum Gasteiger partial charge on any atom is -0.315 e. The number of alkyl halides is 3. The second-order valence-corrected chi connectivity index (χ2v) is 5.70. The van der Waals surface area contributed by atoms with Crippen LogP contribution in [0.15, 0.2) is 0 Å². The van der Waals surface area contributed by atoms with Crippen LogP contribution in [-0.2, 0) is 0 Å². The van der Waals surface area contributed by atoms with Gasteiger partial charge in [0.25, 0.3) is 0 Å². The van der Waals surface area contributed by atoms with Crippen LogP contribution >= 0.6 is 0 Å². The molecule has 0 aliphatic heterocycles. The summed E-state index contributed by atoms with van der Waals surface area (Å²) in [6.45, 7) is 8.59. The molecule has 0 unspecified atom stereocenters. The third-order valence-corrected chi connectivity index (χ3v) is 3.04. The first kappa shape index (κ1) is 18.7. The maximum atomic E-state index is 12.4. The van der Waals surface area contributed by atoms with Gasteiger partial charge in [0.2, 0.25) is 0 Å². The molecule has 0 aliphatic carbocycles. The molecule has 2 nitrogen and oxygen atoms in total. The van der Waals surface area contributed by atoms with Crippen molar-refractivity contribution in [2.75, 3.05) is 19.6 Å². The Bertz CT molecular complexity index is 215. The monoisotopic (exact) mass is 282 g/mol. The van der Waals surface area contributed by atoms with E-state index in [2.05, 4.69) is 19.2 Å². The van der Waals surface area contributed by atoms with Gasteiger partial charge in [-0.15, -0.1) is 0 Å². The number of unbranched alkanes of at least 4 members (excludes halogenated alkanes) is 3. The van der Waals surface area contributed by atoms with Crippen molar-refractivity contribution >= 4 is 0 Å². The molecule has 0 aliphatic rings. The van der Waals surface area contributed by atoms with Gasteiger partial charge in [-0.25, -0.2) is 0 Å². The number of rotatable bonds is 10. The molecule has 0 rings (SSSR count). The van der Waals surface area contributed by atoms with Gasteiger partial charge in [0, 0.05) is 12.1 Å². The largest absolute Gasteiger partial charge is 0.401 e. The standard InChI is InChI=1S/C14H29F3N2/c1-12(2)18-9-7-5-6-8-10-19(13(3)4)11-14(15,16)17/h12-13,18H,5-11H2,1-4H3. The van der Waals surface area contributed by atoms with Crippen molar-refractivity contribution in [2.45, 2.75) is 71.6 Å². The highest BCUT2D eigenvalue weighted by molar-refractivity contribution is 4.67. The lowest BCUT2D eigenvalue weighted by molar-refractivity contribution is -0.149. The van der Waals surface area contributed by atoms with Crippen molar-refractivity contribution < 1.29 is 13.2 Å². The van der Waals surface area contributed by atoms with Crippen LogP contribution in [0.2, 0.25) is 0 Å². The number of hydrogen-bond acceptors (Lipinski definition) is 2. The summed E-state index contributed by atoms with van der Waals surface area (Å²) in [5, 5.41) is 3.34. The van der Waals surface area contributed by atoms with Crippen LogP contribution in [0.25, 0.3) is 0 Å². The van der Waals surface area contributed by atoms with E-state index >= 15 is 0 Å². The van der Waals surface area contributed by atoms with Gasteiger partial charge in [0.1, 0.15) is 0 Å². The Hall–Kier alpha value is -0.290. The molecule has 0 amide bonds. The van der Waals surface area contributed by atoms with Crippen molar-refractivity contribution in [3.05, 3.63) is 0 Å². The molecule has 0 aromatic carbocycles. The predicted molar refractivity (Wildman–Crippen MR) is 74.4 cm³/mol. The molecule has 19 heavy (non-hydrogen) atoms. The predicted octanol–water partition coefficient (Wildman–Crippen LogP) is 3.82. The zero-order valence-corrected chi connectivity index (χ0v) is 12.7. The van der Waals surface area contributed by atoms with E-state index in [4.69, 9.17) is 0 Å². The van der Waals surface area contributed by atoms with E-state index in [1.54, 1.807) is 0 Å². The highest BCUT2D eigenvalue weighted by Gasteiger charge is 2.31. The molecule has 0 spiro atoms. The van der Waals surface area contributed by atoms with Gasteiger partial charge in [-0.05, 0) is 39.8 Å². The molecule has 0 saturated carbocycles. The van der Waals surface area contributed by atoms with E-state index in [9.17, 15) is 13.2 Å². The zero-order chi connectivity index (χ0) is 14.9. The van der Waals surface area contributed by atoms with E-state index in [1.165, 1.54) is 4.90 Å². The van der Waals surface area contributed by atoms with E-state index in [1.807, 2.05) is 13.8 Å². The van der Waals surface area contributed by atoms with Gasteiger partial charge in [0.15, 0.2) is 0 Å². The lowest BCUT2D eigenvalue weighted by atomic mass is 10.1. The molecular formula is C14H29F3N2. The zero-order valence-electron chi connectivity index (χ0n) is 12.7. The number of nitrogens with one attached hydrogen (secondary N) is 1. The third kappa shape index (κ3) is 12.5. The van der Waals surface area contributed by atoms with Crippen molar-refractivity contribution in [1.29, 1.82) is 0 Å². The number of halogens is 3. The molecule has 0 aromatic heterocycles. The fraction of sp³-hybridized carbons (Fsp3) is 1.00. The second-order valence-electron chi connectivity index (χ2n) is 5.70. The van der Waals surface area contributed by atoms with Gasteiger partial charge >= 0.3 is 6.18 Å². The first-order valence-corrected chi connectivity index (χ1v) is 7.26. The summed E-state index contributed by atoms with van der Waals surface area (Å²) in [6.07, 6.45) is -0.0704. The third-order valence-electron chi connectivity index (χ3n) is 3.04. The van der Waals surface area contributed by atoms with Crippen molar-refractivity contribution in [2.24, 2.45) is 0 Å². The SMILES string of the molecule is CC(C)NCCCCCCN(CC(F)(F)F)C(C)C. The molecule has 0 radical (unpaired) electrons. The van der Waals surface area contributed by atoms with Crippen LogP contribution in [0.5, 0.6) is 0 Å². The lowest BCUT2D eigenvalue weighted by Crippen LogP contribution is -2.39. The van der Waals surface area contributed by atoms with Crippen LogP contribution in [0.3, 0.4) is 0 Å². The summed E-state index contributed by atoms with van der Waals surface area (Å²) >= 11 is 0. The summed E-state index contributed by atoms with van der Waals surface area (Å²) in [5.74, 6) is 0. The van der Waals surface area contributed by atoms with Crippen LogP contribution in [0.4, 0.5) is 13.2 Å². The summed E-state index contributed by atoms with van der Waals surface area (Å²) in [5.41, 5.74) is 0. The average molecular weight is 282 g/mol. The number of hydrogen-bond donors (Lipinski definition) is 1.